The Morgan fingerprint density at radius 2 is 2.04 bits per heavy atom. The molecule has 0 aliphatic carbocycles. The van der Waals surface area contributed by atoms with Crippen molar-refractivity contribution in [1.82, 2.24) is 5.16 Å². The average Bonchev–Trinajstić information content (AvgIpc) is 3.26. The zero-order valence-corrected chi connectivity index (χ0v) is 13.4. The van der Waals surface area contributed by atoms with Crippen LogP contribution in [0.2, 0.25) is 0 Å². The highest BCUT2D eigenvalue weighted by atomic mass is 16.5. The van der Waals surface area contributed by atoms with Gasteiger partial charge in [-0.25, -0.2) is 0 Å². The van der Waals surface area contributed by atoms with Crippen molar-refractivity contribution in [2.75, 3.05) is 29.2 Å². The van der Waals surface area contributed by atoms with Crippen LogP contribution in [-0.2, 0) is 14.4 Å². The quantitative estimate of drug-likeness (QED) is 0.810. The Labute approximate surface area is 142 Å². The van der Waals surface area contributed by atoms with Crippen LogP contribution < -0.4 is 20.3 Å². The van der Waals surface area contributed by atoms with E-state index in [9.17, 15) is 14.4 Å². The van der Waals surface area contributed by atoms with Crippen LogP contribution >= 0.6 is 0 Å². The number of methoxy groups -OCH3 is 1. The largest absolute Gasteiger partial charge is 0.495 e. The molecule has 25 heavy (non-hydrogen) atoms. The SMILES string of the molecule is COc1ccc(NC(=O)C(=O)Nc2ccon2)cc1N1CCCC1=O. The highest BCUT2D eigenvalue weighted by molar-refractivity contribution is 6.43. The highest BCUT2D eigenvalue weighted by Crippen LogP contribution is 2.34. The van der Waals surface area contributed by atoms with Crippen LogP contribution in [0, 0.1) is 0 Å². The second-order valence-electron chi connectivity index (χ2n) is 5.33. The van der Waals surface area contributed by atoms with Gasteiger partial charge in [-0.15, -0.1) is 0 Å². The summed E-state index contributed by atoms with van der Waals surface area (Å²) in [5.74, 6) is -1.11. The molecule has 9 heteroatoms. The molecule has 1 aromatic carbocycles. The number of anilines is 3. The van der Waals surface area contributed by atoms with Crippen molar-refractivity contribution >= 4 is 34.9 Å². The summed E-state index contributed by atoms with van der Waals surface area (Å²) in [5.41, 5.74) is 0.926. The molecule has 3 rings (SSSR count). The number of amides is 3. The first-order valence-corrected chi connectivity index (χ1v) is 7.59. The molecule has 0 radical (unpaired) electrons. The number of benzene rings is 1. The molecule has 1 saturated heterocycles. The molecule has 130 valence electrons. The van der Waals surface area contributed by atoms with Crippen molar-refractivity contribution in [2.24, 2.45) is 0 Å². The maximum atomic E-state index is 12.0. The third kappa shape index (κ3) is 3.60. The van der Waals surface area contributed by atoms with Gasteiger partial charge in [0.25, 0.3) is 0 Å². The number of nitrogens with one attached hydrogen (secondary N) is 2. The normalized spacial score (nSPS) is 13.6. The summed E-state index contributed by atoms with van der Waals surface area (Å²) in [6.07, 6.45) is 2.51. The molecule has 9 nitrogen and oxygen atoms in total. The monoisotopic (exact) mass is 344 g/mol. The lowest BCUT2D eigenvalue weighted by Gasteiger charge is -2.20. The van der Waals surface area contributed by atoms with Gasteiger partial charge in [0.1, 0.15) is 12.0 Å². The number of nitrogens with zero attached hydrogens (tertiary/aromatic N) is 2. The summed E-state index contributed by atoms with van der Waals surface area (Å²) >= 11 is 0. The molecule has 1 aliphatic heterocycles. The second kappa shape index (κ2) is 7.04. The minimum Gasteiger partial charge on any atom is -0.495 e. The fourth-order valence-electron chi connectivity index (χ4n) is 2.52. The van der Waals surface area contributed by atoms with Crippen LogP contribution in [-0.4, -0.2) is 36.5 Å². The van der Waals surface area contributed by atoms with E-state index in [0.717, 1.165) is 6.42 Å². The molecule has 1 fully saturated rings. The maximum absolute atomic E-state index is 12.0. The maximum Gasteiger partial charge on any atom is 0.315 e. The van der Waals surface area contributed by atoms with Crippen LogP contribution in [0.5, 0.6) is 5.75 Å². The molecule has 1 aromatic heterocycles. The van der Waals surface area contributed by atoms with E-state index in [4.69, 9.17) is 4.74 Å². The van der Waals surface area contributed by atoms with Gasteiger partial charge in [0, 0.05) is 24.7 Å². The van der Waals surface area contributed by atoms with E-state index < -0.39 is 11.8 Å². The summed E-state index contributed by atoms with van der Waals surface area (Å²) in [4.78, 5) is 37.4. The predicted molar refractivity (Wildman–Crippen MR) is 88.3 cm³/mol. The van der Waals surface area contributed by atoms with Crippen LogP contribution in [0.4, 0.5) is 17.2 Å². The van der Waals surface area contributed by atoms with Crippen molar-refractivity contribution in [3.63, 3.8) is 0 Å². The molecular weight excluding hydrogens is 328 g/mol. The summed E-state index contributed by atoms with van der Waals surface area (Å²) < 4.78 is 9.85. The Hall–Kier alpha value is -3.36. The molecular formula is C16H16N4O5. The van der Waals surface area contributed by atoms with Gasteiger partial charge in [0.2, 0.25) is 5.91 Å². The van der Waals surface area contributed by atoms with E-state index in [1.165, 1.54) is 19.4 Å². The molecule has 0 atom stereocenters. The first-order chi connectivity index (χ1) is 12.1. The molecule has 3 amide bonds. The third-order valence-corrected chi connectivity index (χ3v) is 3.69. The van der Waals surface area contributed by atoms with E-state index in [1.54, 1.807) is 23.1 Å². The van der Waals surface area contributed by atoms with Crippen LogP contribution in [0.1, 0.15) is 12.8 Å². The van der Waals surface area contributed by atoms with E-state index >= 15 is 0 Å². The number of hydrogen-bond acceptors (Lipinski definition) is 6. The van der Waals surface area contributed by atoms with E-state index in [0.29, 0.717) is 30.1 Å². The highest BCUT2D eigenvalue weighted by Gasteiger charge is 2.25. The zero-order chi connectivity index (χ0) is 17.8. The lowest BCUT2D eigenvalue weighted by Crippen LogP contribution is -2.29. The topological polar surface area (TPSA) is 114 Å². The fourth-order valence-corrected chi connectivity index (χ4v) is 2.52. The standard InChI is InChI=1S/C16H16N4O5/c1-24-12-5-4-10(9-11(12)20-7-2-3-14(20)21)17-15(22)16(23)18-13-6-8-25-19-13/h4-6,8-9H,2-3,7H2,1H3,(H,17,22)(H,18,19,23). The summed E-state index contributed by atoms with van der Waals surface area (Å²) in [6, 6.07) is 6.23. The van der Waals surface area contributed by atoms with Crippen LogP contribution in [0.3, 0.4) is 0 Å². The zero-order valence-electron chi connectivity index (χ0n) is 13.4. The Morgan fingerprint density at radius 1 is 1.24 bits per heavy atom. The lowest BCUT2D eigenvalue weighted by atomic mass is 10.2. The average molecular weight is 344 g/mol. The number of carbonyl (C=O) groups excluding carboxylic acids is 3. The van der Waals surface area contributed by atoms with Gasteiger partial charge in [-0.3, -0.25) is 19.7 Å². The third-order valence-electron chi connectivity index (χ3n) is 3.69. The van der Waals surface area contributed by atoms with E-state index in [2.05, 4.69) is 20.3 Å². The smallest absolute Gasteiger partial charge is 0.315 e. The summed E-state index contributed by atoms with van der Waals surface area (Å²) in [5, 5.41) is 8.27. The van der Waals surface area contributed by atoms with Crippen molar-refractivity contribution in [2.45, 2.75) is 12.8 Å². The second-order valence-corrected chi connectivity index (χ2v) is 5.33. The molecule has 0 bridgehead atoms. The first-order valence-electron chi connectivity index (χ1n) is 7.59. The molecule has 2 N–H and O–H groups in total. The van der Waals surface area contributed by atoms with Gasteiger partial charge in [-0.1, -0.05) is 5.16 Å². The van der Waals surface area contributed by atoms with Crippen molar-refractivity contribution in [3.05, 3.63) is 30.5 Å². The molecule has 1 aliphatic rings. The molecule has 0 spiro atoms. The van der Waals surface area contributed by atoms with Gasteiger partial charge in [-0.05, 0) is 24.6 Å². The van der Waals surface area contributed by atoms with Crippen LogP contribution in [0.25, 0.3) is 0 Å². The van der Waals surface area contributed by atoms with E-state index in [1.807, 2.05) is 0 Å². The Kier molecular flexibility index (Phi) is 4.64. The number of aromatic nitrogens is 1. The number of hydrogen-bond donors (Lipinski definition) is 2. The van der Waals surface area contributed by atoms with Crippen molar-refractivity contribution in [1.29, 1.82) is 0 Å². The Bertz CT molecular complexity index is 803. The fraction of sp³-hybridized carbons (Fsp3) is 0.250. The van der Waals surface area contributed by atoms with Gasteiger partial charge in [0.15, 0.2) is 5.82 Å². The molecule has 2 heterocycles. The van der Waals surface area contributed by atoms with Crippen LogP contribution in [0.15, 0.2) is 35.1 Å². The van der Waals surface area contributed by atoms with Gasteiger partial charge < -0.3 is 19.5 Å². The number of carbonyl (C=O) groups is 3. The summed E-state index contributed by atoms with van der Waals surface area (Å²) in [6.45, 7) is 0.583. The Balaban J connectivity index is 1.75. The van der Waals surface area contributed by atoms with Gasteiger partial charge in [0.05, 0.1) is 12.8 Å². The van der Waals surface area contributed by atoms with E-state index in [-0.39, 0.29) is 11.7 Å². The molecule has 0 saturated carbocycles. The predicted octanol–water partition coefficient (Wildman–Crippen LogP) is 1.39. The molecule has 0 unspecified atom stereocenters. The summed E-state index contributed by atoms with van der Waals surface area (Å²) in [7, 11) is 1.50. The Morgan fingerprint density at radius 3 is 2.68 bits per heavy atom. The molecule has 2 aromatic rings. The lowest BCUT2D eigenvalue weighted by molar-refractivity contribution is -0.133. The van der Waals surface area contributed by atoms with Crippen molar-refractivity contribution in [3.8, 4) is 5.75 Å². The minimum absolute atomic E-state index is 0.00875. The minimum atomic E-state index is -0.886. The van der Waals surface area contributed by atoms with Crippen molar-refractivity contribution < 1.29 is 23.6 Å². The van der Waals surface area contributed by atoms with Gasteiger partial charge >= 0.3 is 11.8 Å². The van der Waals surface area contributed by atoms with Gasteiger partial charge in [-0.2, -0.15) is 0 Å². The first kappa shape index (κ1) is 16.5. The number of rotatable bonds is 4. The number of ether oxygens (including phenoxy) is 1.